The molecule has 0 aliphatic rings. The number of nitrogens with zero attached hydrogens (tertiary/aromatic N) is 3. The summed E-state index contributed by atoms with van der Waals surface area (Å²) in [6, 6.07) is 3.46. The number of carboxylic acids is 1. The van der Waals surface area contributed by atoms with Crippen LogP contribution < -0.4 is 0 Å². The van der Waals surface area contributed by atoms with Gasteiger partial charge in [0.05, 0.1) is 11.3 Å². The van der Waals surface area contributed by atoms with E-state index in [1.807, 2.05) is 0 Å². The first-order chi connectivity index (χ1) is 8.97. The van der Waals surface area contributed by atoms with E-state index in [0.717, 1.165) is 23.9 Å². The van der Waals surface area contributed by atoms with E-state index in [9.17, 15) is 14.3 Å². The van der Waals surface area contributed by atoms with E-state index < -0.39 is 11.8 Å². The predicted molar refractivity (Wildman–Crippen MR) is 66.4 cm³/mol. The molecule has 8 heteroatoms. The van der Waals surface area contributed by atoms with Crippen molar-refractivity contribution in [3.63, 3.8) is 0 Å². The molecule has 0 radical (unpaired) electrons. The number of thioether (sulfide) groups is 1. The van der Waals surface area contributed by atoms with Crippen molar-refractivity contribution in [2.24, 2.45) is 7.05 Å². The highest BCUT2D eigenvalue weighted by atomic mass is 32.2. The number of rotatable bonds is 4. The molecule has 0 bridgehead atoms. The quantitative estimate of drug-likeness (QED) is 0.827. The standard InChI is InChI=1S/C11H10FN3O3S/c1-15-11(19-5-9(17)18)13-10(14-15)7-4-6(12)2-3-8(7)16/h2-4,16H,5H2,1H3,(H,17,18). The zero-order valence-corrected chi connectivity index (χ0v) is 10.7. The van der Waals surface area contributed by atoms with Gasteiger partial charge in [-0.25, -0.2) is 14.1 Å². The number of aliphatic carboxylic acids is 1. The lowest BCUT2D eigenvalue weighted by molar-refractivity contribution is -0.133. The highest BCUT2D eigenvalue weighted by molar-refractivity contribution is 7.99. The molecule has 0 amide bonds. The summed E-state index contributed by atoms with van der Waals surface area (Å²) < 4.78 is 14.5. The molecular weight excluding hydrogens is 273 g/mol. The Morgan fingerprint density at radius 1 is 1.53 bits per heavy atom. The van der Waals surface area contributed by atoms with Crippen molar-refractivity contribution in [1.82, 2.24) is 14.8 Å². The second kappa shape index (κ2) is 5.27. The molecule has 19 heavy (non-hydrogen) atoms. The molecule has 0 saturated carbocycles. The molecule has 1 heterocycles. The van der Waals surface area contributed by atoms with Crippen molar-refractivity contribution in [3.8, 4) is 17.1 Å². The molecule has 0 atom stereocenters. The highest BCUT2D eigenvalue weighted by Crippen LogP contribution is 2.28. The number of hydrogen-bond acceptors (Lipinski definition) is 5. The van der Waals surface area contributed by atoms with Crippen LogP contribution in [0.4, 0.5) is 4.39 Å². The van der Waals surface area contributed by atoms with Gasteiger partial charge in [0.25, 0.3) is 0 Å². The first-order valence-corrected chi connectivity index (χ1v) is 6.20. The zero-order chi connectivity index (χ0) is 14.0. The fourth-order valence-corrected chi connectivity index (χ4v) is 2.05. The average molecular weight is 283 g/mol. The van der Waals surface area contributed by atoms with Gasteiger partial charge in [-0.2, -0.15) is 5.10 Å². The first-order valence-electron chi connectivity index (χ1n) is 5.22. The minimum atomic E-state index is -0.969. The molecule has 2 aromatic rings. The number of halogens is 1. The number of phenolic OH excluding ortho intramolecular Hbond substituents is 1. The van der Waals surface area contributed by atoms with Crippen molar-refractivity contribution < 1.29 is 19.4 Å². The van der Waals surface area contributed by atoms with Crippen LogP contribution in [0.5, 0.6) is 5.75 Å². The van der Waals surface area contributed by atoms with Crippen LogP contribution in [0, 0.1) is 5.82 Å². The smallest absolute Gasteiger partial charge is 0.313 e. The lowest BCUT2D eigenvalue weighted by atomic mass is 10.2. The van der Waals surface area contributed by atoms with E-state index in [1.165, 1.54) is 10.7 Å². The fraction of sp³-hybridized carbons (Fsp3) is 0.182. The molecular formula is C11H10FN3O3S. The average Bonchev–Trinajstić information content (AvgIpc) is 2.71. The normalized spacial score (nSPS) is 10.6. The highest BCUT2D eigenvalue weighted by Gasteiger charge is 2.14. The van der Waals surface area contributed by atoms with Crippen LogP contribution in [-0.4, -0.2) is 36.7 Å². The van der Waals surface area contributed by atoms with E-state index in [4.69, 9.17) is 5.11 Å². The van der Waals surface area contributed by atoms with Gasteiger partial charge in [0, 0.05) is 7.05 Å². The molecule has 0 unspecified atom stereocenters. The van der Waals surface area contributed by atoms with Crippen LogP contribution in [0.3, 0.4) is 0 Å². The van der Waals surface area contributed by atoms with E-state index in [-0.39, 0.29) is 22.9 Å². The van der Waals surface area contributed by atoms with Crippen molar-refractivity contribution in [2.45, 2.75) is 5.16 Å². The summed E-state index contributed by atoms with van der Waals surface area (Å²) in [4.78, 5) is 14.6. The molecule has 100 valence electrons. The van der Waals surface area contributed by atoms with Crippen LogP contribution in [0.25, 0.3) is 11.4 Å². The Kier molecular flexibility index (Phi) is 3.70. The fourth-order valence-electron chi connectivity index (χ4n) is 1.42. The second-order valence-corrected chi connectivity index (χ2v) is 4.63. The number of aromatic nitrogens is 3. The molecule has 6 nitrogen and oxygen atoms in total. The summed E-state index contributed by atoms with van der Waals surface area (Å²) in [6.45, 7) is 0. The van der Waals surface area contributed by atoms with Gasteiger partial charge in [0.15, 0.2) is 11.0 Å². The Balaban J connectivity index is 2.33. The maximum atomic E-state index is 13.1. The van der Waals surface area contributed by atoms with Gasteiger partial charge in [-0.15, -0.1) is 0 Å². The summed E-state index contributed by atoms with van der Waals surface area (Å²) in [5.41, 5.74) is 0.165. The Morgan fingerprint density at radius 3 is 2.95 bits per heavy atom. The molecule has 0 spiro atoms. The monoisotopic (exact) mass is 283 g/mol. The number of phenols is 1. The van der Waals surface area contributed by atoms with E-state index in [0.29, 0.717) is 5.16 Å². The lowest BCUT2D eigenvalue weighted by Gasteiger charge is -1.99. The number of aromatic hydroxyl groups is 1. The minimum Gasteiger partial charge on any atom is -0.507 e. The summed E-state index contributed by atoms with van der Waals surface area (Å²) in [5.74, 6) is -1.63. The molecule has 0 fully saturated rings. The molecule has 1 aromatic carbocycles. The minimum absolute atomic E-state index is 0.137. The predicted octanol–water partition coefficient (Wildman–Crippen LogP) is 1.50. The lowest BCUT2D eigenvalue weighted by Crippen LogP contribution is -2.00. The van der Waals surface area contributed by atoms with Crippen molar-refractivity contribution in [3.05, 3.63) is 24.0 Å². The topological polar surface area (TPSA) is 88.2 Å². The Morgan fingerprint density at radius 2 is 2.26 bits per heavy atom. The molecule has 0 saturated heterocycles. The molecule has 2 rings (SSSR count). The zero-order valence-electron chi connectivity index (χ0n) is 9.87. The maximum absolute atomic E-state index is 13.1. The number of aryl methyl sites for hydroxylation is 1. The van der Waals surface area contributed by atoms with Crippen LogP contribution in [0.2, 0.25) is 0 Å². The molecule has 1 aromatic heterocycles. The van der Waals surface area contributed by atoms with Crippen molar-refractivity contribution in [1.29, 1.82) is 0 Å². The van der Waals surface area contributed by atoms with E-state index in [1.54, 1.807) is 7.05 Å². The summed E-state index contributed by atoms with van der Waals surface area (Å²) in [6.07, 6.45) is 0. The van der Waals surface area contributed by atoms with Crippen LogP contribution in [-0.2, 0) is 11.8 Å². The summed E-state index contributed by atoms with van der Waals surface area (Å²) in [7, 11) is 1.59. The number of carboxylic acid groups (broad SMARTS) is 1. The van der Waals surface area contributed by atoms with Gasteiger partial charge in [-0.3, -0.25) is 4.79 Å². The number of benzene rings is 1. The SMILES string of the molecule is Cn1nc(-c2cc(F)ccc2O)nc1SCC(=O)O. The van der Waals surface area contributed by atoms with E-state index in [2.05, 4.69) is 10.1 Å². The molecule has 2 N–H and O–H groups in total. The van der Waals surface area contributed by atoms with Gasteiger partial charge >= 0.3 is 5.97 Å². The van der Waals surface area contributed by atoms with Gasteiger partial charge in [0.1, 0.15) is 11.6 Å². The van der Waals surface area contributed by atoms with Gasteiger partial charge in [-0.1, -0.05) is 11.8 Å². The second-order valence-electron chi connectivity index (χ2n) is 3.69. The maximum Gasteiger partial charge on any atom is 0.313 e. The van der Waals surface area contributed by atoms with Gasteiger partial charge in [-0.05, 0) is 18.2 Å². The van der Waals surface area contributed by atoms with Crippen LogP contribution in [0.15, 0.2) is 23.4 Å². The van der Waals surface area contributed by atoms with Crippen LogP contribution in [0.1, 0.15) is 0 Å². The largest absolute Gasteiger partial charge is 0.507 e. The van der Waals surface area contributed by atoms with Crippen molar-refractivity contribution in [2.75, 3.05) is 5.75 Å². The third-order valence-corrected chi connectivity index (χ3v) is 3.25. The van der Waals surface area contributed by atoms with Crippen LogP contribution >= 0.6 is 11.8 Å². The number of carbonyl (C=O) groups is 1. The third-order valence-electron chi connectivity index (χ3n) is 2.25. The van der Waals surface area contributed by atoms with Crippen molar-refractivity contribution >= 4 is 17.7 Å². The summed E-state index contributed by atoms with van der Waals surface area (Å²) >= 11 is 0.995. The first kappa shape index (κ1) is 13.3. The van der Waals surface area contributed by atoms with Gasteiger partial charge < -0.3 is 10.2 Å². The molecule has 0 aliphatic carbocycles. The van der Waals surface area contributed by atoms with E-state index >= 15 is 0 Å². The molecule has 0 aliphatic heterocycles. The summed E-state index contributed by atoms with van der Waals surface area (Å²) in [5, 5.41) is 22.7. The Labute approximate surface area is 111 Å². The Bertz CT molecular complexity index is 630. The van der Waals surface area contributed by atoms with Gasteiger partial charge in [0.2, 0.25) is 0 Å². The number of hydrogen-bond donors (Lipinski definition) is 2. The third kappa shape index (κ3) is 3.02. The Hall–Kier alpha value is -2.09.